The van der Waals surface area contributed by atoms with Crippen molar-refractivity contribution in [2.24, 2.45) is 0 Å². The highest BCUT2D eigenvalue weighted by atomic mass is 16.6. The maximum Gasteiger partial charge on any atom is 0.408 e. The minimum Gasteiger partial charge on any atom is -0.444 e. The van der Waals surface area contributed by atoms with E-state index in [9.17, 15) is 4.79 Å². The third-order valence-corrected chi connectivity index (χ3v) is 2.36. The Balaban J connectivity index is 3.88. The summed E-state index contributed by atoms with van der Waals surface area (Å²) in [5.74, 6) is 0. The number of unbranched alkanes of at least 4 members (excludes halogenated alkanes) is 2. The molecule has 108 valence electrons. The summed E-state index contributed by atoms with van der Waals surface area (Å²) in [5.41, 5.74) is -0.747. The fraction of sp³-hybridized carbons (Fsp3) is 0.929. The molecule has 0 aromatic rings. The third kappa shape index (κ3) is 10.4. The van der Waals surface area contributed by atoms with Gasteiger partial charge < -0.3 is 15.4 Å². The number of nitrogens with one attached hydrogen (secondary N) is 2. The Labute approximate surface area is 112 Å². The zero-order valence-electron chi connectivity index (χ0n) is 12.9. The van der Waals surface area contributed by atoms with E-state index in [0.29, 0.717) is 0 Å². The lowest BCUT2D eigenvalue weighted by Crippen LogP contribution is -2.51. The molecule has 0 atom stereocenters. The van der Waals surface area contributed by atoms with E-state index in [1.807, 2.05) is 34.6 Å². The van der Waals surface area contributed by atoms with Crippen molar-refractivity contribution in [3.05, 3.63) is 0 Å². The first-order valence-electron chi connectivity index (χ1n) is 6.88. The zero-order valence-corrected chi connectivity index (χ0v) is 12.9. The smallest absolute Gasteiger partial charge is 0.408 e. The summed E-state index contributed by atoms with van der Waals surface area (Å²) in [4.78, 5) is 11.6. The van der Waals surface area contributed by atoms with Gasteiger partial charge >= 0.3 is 6.09 Å². The Morgan fingerprint density at radius 3 is 2.22 bits per heavy atom. The Hall–Kier alpha value is -0.770. The van der Waals surface area contributed by atoms with Crippen LogP contribution in [0.3, 0.4) is 0 Å². The first kappa shape index (κ1) is 17.2. The van der Waals surface area contributed by atoms with E-state index in [0.717, 1.165) is 13.1 Å². The summed E-state index contributed by atoms with van der Waals surface area (Å²) < 4.78 is 5.24. The topological polar surface area (TPSA) is 50.4 Å². The van der Waals surface area contributed by atoms with Gasteiger partial charge in [0, 0.05) is 6.54 Å². The molecular weight excluding hydrogens is 228 g/mol. The van der Waals surface area contributed by atoms with Crippen LogP contribution >= 0.6 is 0 Å². The van der Waals surface area contributed by atoms with Crippen LogP contribution in [0.25, 0.3) is 0 Å². The summed E-state index contributed by atoms with van der Waals surface area (Å²) in [6.45, 7) is 13.5. The molecule has 0 radical (unpaired) electrons. The second kappa shape index (κ2) is 7.62. The number of ether oxygens (including phenoxy) is 1. The average Bonchev–Trinajstić information content (AvgIpc) is 2.12. The summed E-state index contributed by atoms with van der Waals surface area (Å²) >= 11 is 0. The third-order valence-electron chi connectivity index (χ3n) is 2.36. The lowest BCUT2D eigenvalue weighted by molar-refractivity contribution is 0.0472. The first-order valence-corrected chi connectivity index (χ1v) is 6.88. The number of carbonyl (C=O) groups is 1. The minimum atomic E-state index is -0.450. The molecule has 0 saturated carbocycles. The molecule has 0 bridgehead atoms. The second-order valence-corrected chi connectivity index (χ2v) is 6.39. The van der Waals surface area contributed by atoms with Crippen LogP contribution in [0.1, 0.15) is 60.8 Å². The Bertz CT molecular complexity index is 245. The molecule has 2 N–H and O–H groups in total. The van der Waals surface area contributed by atoms with Gasteiger partial charge in [0.2, 0.25) is 0 Å². The number of hydrogen-bond donors (Lipinski definition) is 2. The predicted octanol–water partition coefficient (Wildman–Crippen LogP) is 3.07. The Morgan fingerprint density at radius 1 is 1.11 bits per heavy atom. The monoisotopic (exact) mass is 258 g/mol. The van der Waals surface area contributed by atoms with Gasteiger partial charge in [0.1, 0.15) is 5.60 Å². The van der Waals surface area contributed by atoms with E-state index in [2.05, 4.69) is 17.6 Å². The molecule has 18 heavy (non-hydrogen) atoms. The molecule has 0 saturated heterocycles. The summed E-state index contributed by atoms with van der Waals surface area (Å²) in [6.07, 6.45) is 3.29. The predicted molar refractivity (Wildman–Crippen MR) is 75.8 cm³/mol. The Kier molecular flexibility index (Phi) is 7.29. The van der Waals surface area contributed by atoms with Crippen LogP contribution in [-0.2, 0) is 4.74 Å². The largest absolute Gasteiger partial charge is 0.444 e. The minimum absolute atomic E-state index is 0.297. The molecule has 1 amide bonds. The summed E-state index contributed by atoms with van der Waals surface area (Å²) in [5, 5.41) is 6.24. The van der Waals surface area contributed by atoms with Gasteiger partial charge in [0.05, 0.1) is 5.54 Å². The lowest BCUT2D eigenvalue weighted by Gasteiger charge is -2.29. The van der Waals surface area contributed by atoms with Gasteiger partial charge in [-0.15, -0.1) is 0 Å². The number of carbonyl (C=O) groups excluding carboxylic acids is 1. The van der Waals surface area contributed by atoms with Crippen molar-refractivity contribution < 1.29 is 9.53 Å². The van der Waals surface area contributed by atoms with Gasteiger partial charge in [-0.3, -0.25) is 0 Å². The van der Waals surface area contributed by atoms with Crippen molar-refractivity contribution in [2.75, 3.05) is 13.1 Å². The molecule has 0 aliphatic rings. The van der Waals surface area contributed by atoms with Crippen molar-refractivity contribution in [2.45, 2.75) is 71.9 Å². The van der Waals surface area contributed by atoms with Crippen molar-refractivity contribution in [1.29, 1.82) is 0 Å². The van der Waals surface area contributed by atoms with Crippen LogP contribution in [0.4, 0.5) is 4.79 Å². The van der Waals surface area contributed by atoms with E-state index in [-0.39, 0.29) is 11.6 Å². The van der Waals surface area contributed by atoms with Gasteiger partial charge in [-0.05, 0) is 47.6 Å². The van der Waals surface area contributed by atoms with Gasteiger partial charge in [0.15, 0.2) is 0 Å². The number of amides is 1. The van der Waals surface area contributed by atoms with Gasteiger partial charge in [-0.1, -0.05) is 19.8 Å². The maximum atomic E-state index is 11.6. The van der Waals surface area contributed by atoms with Crippen LogP contribution in [0.2, 0.25) is 0 Å². The molecule has 0 rings (SSSR count). The van der Waals surface area contributed by atoms with Crippen LogP contribution in [-0.4, -0.2) is 30.3 Å². The van der Waals surface area contributed by atoms with Crippen molar-refractivity contribution >= 4 is 6.09 Å². The quantitative estimate of drug-likeness (QED) is 0.690. The van der Waals surface area contributed by atoms with E-state index in [1.165, 1.54) is 19.3 Å². The van der Waals surface area contributed by atoms with Gasteiger partial charge in [-0.25, -0.2) is 4.79 Å². The molecule has 0 heterocycles. The molecule has 4 heteroatoms. The summed E-state index contributed by atoms with van der Waals surface area (Å²) in [6, 6.07) is 0. The van der Waals surface area contributed by atoms with E-state index >= 15 is 0 Å². The van der Waals surface area contributed by atoms with E-state index in [1.54, 1.807) is 0 Å². The van der Waals surface area contributed by atoms with Crippen molar-refractivity contribution in [3.8, 4) is 0 Å². The molecule has 4 nitrogen and oxygen atoms in total. The summed E-state index contributed by atoms with van der Waals surface area (Å²) in [7, 11) is 0. The molecule has 0 aliphatic carbocycles. The van der Waals surface area contributed by atoms with Crippen LogP contribution in [0.15, 0.2) is 0 Å². The highest BCUT2D eigenvalue weighted by molar-refractivity contribution is 5.68. The standard InChI is InChI=1S/C14H30N2O2/c1-7-8-9-10-15-11-14(5,6)16-12(17)18-13(2,3)4/h15H,7-11H2,1-6H3,(H,16,17). The fourth-order valence-electron chi connectivity index (χ4n) is 1.52. The molecule has 0 aromatic carbocycles. The molecule has 0 spiro atoms. The fourth-order valence-corrected chi connectivity index (χ4v) is 1.52. The van der Waals surface area contributed by atoms with E-state index in [4.69, 9.17) is 4.74 Å². The normalized spacial score (nSPS) is 12.3. The molecule has 0 unspecified atom stereocenters. The van der Waals surface area contributed by atoms with Crippen LogP contribution in [0, 0.1) is 0 Å². The van der Waals surface area contributed by atoms with Gasteiger partial charge in [0.25, 0.3) is 0 Å². The van der Waals surface area contributed by atoms with Crippen molar-refractivity contribution in [3.63, 3.8) is 0 Å². The Morgan fingerprint density at radius 2 is 1.72 bits per heavy atom. The molecular formula is C14H30N2O2. The molecule has 0 aromatic heterocycles. The molecule has 0 fully saturated rings. The lowest BCUT2D eigenvalue weighted by atomic mass is 10.1. The number of rotatable bonds is 7. The van der Waals surface area contributed by atoms with Crippen molar-refractivity contribution in [1.82, 2.24) is 10.6 Å². The highest BCUT2D eigenvalue weighted by Crippen LogP contribution is 2.09. The van der Waals surface area contributed by atoms with E-state index < -0.39 is 5.60 Å². The second-order valence-electron chi connectivity index (χ2n) is 6.39. The number of hydrogen-bond acceptors (Lipinski definition) is 3. The van der Waals surface area contributed by atoms with Crippen LogP contribution < -0.4 is 10.6 Å². The highest BCUT2D eigenvalue weighted by Gasteiger charge is 2.23. The van der Waals surface area contributed by atoms with Crippen LogP contribution in [0.5, 0.6) is 0 Å². The first-order chi connectivity index (χ1) is 8.16. The SMILES string of the molecule is CCCCCNCC(C)(C)NC(=O)OC(C)(C)C. The zero-order chi connectivity index (χ0) is 14.2. The number of alkyl carbamates (subject to hydrolysis) is 1. The van der Waals surface area contributed by atoms with Gasteiger partial charge in [-0.2, -0.15) is 0 Å². The molecule has 0 aliphatic heterocycles. The maximum absolute atomic E-state index is 11.6. The average molecular weight is 258 g/mol.